The van der Waals surface area contributed by atoms with Crippen LogP contribution < -0.4 is 5.73 Å². The van der Waals surface area contributed by atoms with E-state index in [2.05, 4.69) is 23.7 Å². The number of nitrogens with two attached hydrogens (primary N) is 1. The standard InChI is InChI=1S/C16H30BN3O2/c1-14(2)11-20(12-14)8-7-19-10-13(9-18)17-21-15(3,4)16(5,6)22-17/h9-10H,7-8,11-12,18H2,1-6H3. The van der Waals surface area contributed by atoms with E-state index in [1.165, 1.54) is 6.20 Å². The summed E-state index contributed by atoms with van der Waals surface area (Å²) < 4.78 is 12.0. The quantitative estimate of drug-likeness (QED) is 0.622. The van der Waals surface area contributed by atoms with Crippen LogP contribution in [0.5, 0.6) is 0 Å². The molecule has 0 saturated carbocycles. The maximum atomic E-state index is 5.98. The lowest BCUT2D eigenvalue weighted by Crippen LogP contribution is -2.53. The van der Waals surface area contributed by atoms with Crippen molar-refractivity contribution in [3.8, 4) is 0 Å². The van der Waals surface area contributed by atoms with Gasteiger partial charge < -0.3 is 19.9 Å². The fourth-order valence-corrected chi connectivity index (χ4v) is 2.85. The van der Waals surface area contributed by atoms with E-state index in [1.54, 1.807) is 6.21 Å². The van der Waals surface area contributed by atoms with Crippen molar-refractivity contribution < 1.29 is 9.31 Å². The molecular formula is C16H30BN3O2. The van der Waals surface area contributed by atoms with E-state index in [1.807, 2.05) is 27.7 Å². The van der Waals surface area contributed by atoms with Crippen LogP contribution in [0.3, 0.4) is 0 Å². The average molecular weight is 307 g/mol. The van der Waals surface area contributed by atoms with Crippen LogP contribution in [0.15, 0.2) is 16.7 Å². The van der Waals surface area contributed by atoms with E-state index < -0.39 is 7.12 Å². The zero-order valence-corrected chi connectivity index (χ0v) is 14.8. The number of hydrogen-bond donors (Lipinski definition) is 1. The van der Waals surface area contributed by atoms with Crippen molar-refractivity contribution in [3.05, 3.63) is 11.7 Å². The first-order chi connectivity index (χ1) is 10.1. The third-order valence-corrected chi connectivity index (χ3v) is 4.81. The second-order valence-corrected chi connectivity index (χ2v) is 8.17. The summed E-state index contributed by atoms with van der Waals surface area (Å²) >= 11 is 0. The lowest BCUT2D eigenvalue weighted by Gasteiger charge is -2.45. The number of aliphatic imine (C=N–C) groups is 1. The minimum Gasteiger partial charge on any atom is -0.405 e. The van der Waals surface area contributed by atoms with Crippen molar-refractivity contribution in [1.29, 1.82) is 0 Å². The topological polar surface area (TPSA) is 60.1 Å². The zero-order chi connectivity index (χ0) is 16.6. The number of nitrogens with zero attached hydrogens (tertiary/aromatic N) is 2. The minimum atomic E-state index is -0.443. The van der Waals surface area contributed by atoms with Crippen LogP contribution in [-0.4, -0.2) is 55.6 Å². The van der Waals surface area contributed by atoms with Crippen molar-refractivity contribution in [2.45, 2.75) is 52.7 Å². The van der Waals surface area contributed by atoms with Gasteiger partial charge in [-0.3, -0.25) is 4.99 Å². The number of likely N-dealkylation sites (tertiary alicyclic amines) is 1. The molecule has 2 aliphatic rings. The Kier molecular flexibility index (Phi) is 4.76. The summed E-state index contributed by atoms with van der Waals surface area (Å²) in [6.07, 6.45) is 3.31. The van der Waals surface area contributed by atoms with Gasteiger partial charge in [0.05, 0.1) is 17.7 Å². The Morgan fingerprint density at radius 1 is 1.14 bits per heavy atom. The van der Waals surface area contributed by atoms with Crippen LogP contribution in [0.25, 0.3) is 0 Å². The van der Waals surface area contributed by atoms with Crippen molar-refractivity contribution in [1.82, 2.24) is 4.90 Å². The lowest BCUT2D eigenvalue weighted by molar-refractivity contribution is 0.00578. The molecule has 124 valence electrons. The van der Waals surface area contributed by atoms with Crippen molar-refractivity contribution in [3.63, 3.8) is 0 Å². The second-order valence-electron chi connectivity index (χ2n) is 8.17. The normalized spacial score (nSPS) is 27.4. The molecule has 2 fully saturated rings. The molecule has 5 nitrogen and oxygen atoms in total. The van der Waals surface area contributed by atoms with Gasteiger partial charge in [-0.25, -0.2) is 0 Å². The number of hydrogen-bond acceptors (Lipinski definition) is 5. The molecule has 2 N–H and O–H groups in total. The van der Waals surface area contributed by atoms with Gasteiger partial charge in [0.25, 0.3) is 0 Å². The fourth-order valence-electron chi connectivity index (χ4n) is 2.85. The lowest BCUT2D eigenvalue weighted by atomic mass is 9.79. The molecule has 0 unspecified atom stereocenters. The highest BCUT2D eigenvalue weighted by molar-refractivity contribution is 6.60. The predicted octanol–water partition coefficient (Wildman–Crippen LogP) is 1.87. The number of allylic oxidation sites excluding steroid dienone is 1. The fraction of sp³-hybridized carbons (Fsp3) is 0.812. The molecule has 2 rings (SSSR count). The van der Waals surface area contributed by atoms with Gasteiger partial charge in [0, 0.05) is 31.3 Å². The van der Waals surface area contributed by atoms with E-state index in [0.717, 1.165) is 31.7 Å². The second kappa shape index (κ2) is 5.98. The minimum absolute atomic E-state index is 0.358. The summed E-state index contributed by atoms with van der Waals surface area (Å²) in [5.74, 6) is 0. The molecule has 0 amide bonds. The first-order valence-corrected chi connectivity index (χ1v) is 8.06. The number of rotatable bonds is 5. The van der Waals surface area contributed by atoms with Crippen LogP contribution in [-0.2, 0) is 9.31 Å². The zero-order valence-electron chi connectivity index (χ0n) is 14.8. The Hall–Kier alpha value is -0.845. The van der Waals surface area contributed by atoms with Crippen LogP contribution in [0.1, 0.15) is 41.5 Å². The van der Waals surface area contributed by atoms with Gasteiger partial charge in [-0.15, -0.1) is 0 Å². The molecule has 2 heterocycles. The first-order valence-electron chi connectivity index (χ1n) is 8.06. The average Bonchev–Trinajstić information content (AvgIpc) is 2.55. The summed E-state index contributed by atoms with van der Waals surface area (Å²) in [4.78, 5) is 6.89. The van der Waals surface area contributed by atoms with Gasteiger partial charge in [0.2, 0.25) is 0 Å². The Morgan fingerprint density at radius 2 is 1.68 bits per heavy atom. The van der Waals surface area contributed by atoms with Gasteiger partial charge in [0.1, 0.15) is 0 Å². The maximum absolute atomic E-state index is 5.98. The summed E-state index contributed by atoms with van der Waals surface area (Å²) in [6, 6.07) is 0. The van der Waals surface area contributed by atoms with Crippen LogP contribution in [0.2, 0.25) is 0 Å². The molecular weight excluding hydrogens is 277 g/mol. The van der Waals surface area contributed by atoms with Gasteiger partial charge in [-0.05, 0) is 39.3 Å². The molecule has 0 aromatic carbocycles. The highest BCUT2D eigenvalue weighted by Crippen LogP contribution is 2.38. The molecule has 22 heavy (non-hydrogen) atoms. The van der Waals surface area contributed by atoms with Gasteiger partial charge >= 0.3 is 7.12 Å². The van der Waals surface area contributed by atoms with Gasteiger partial charge in [-0.1, -0.05) is 13.8 Å². The largest absolute Gasteiger partial charge is 0.497 e. The van der Waals surface area contributed by atoms with Crippen LogP contribution in [0, 0.1) is 5.41 Å². The first kappa shape index (κ1) is 17.5. The molecule has 2 aliphatic heterocycles. The van der Waals surface area contributed by atoms with E-state index in [-0.39, 0.29) is 11.2 Å². The molecule has 6 heteroatoms. The molecule has 0 bridgehead atoms. The van der Waals surface area contributed by atoms with Crippen LogP contribution >= 0.6 is 0 Å². The molecule has 0 aliphatic carbocycles. The molecule has 0 aromatic rings. The van der Waals surface area contributed by atoms with E-state index in [0.29, 0.717) is 5.41 Å². The third kappa shape index (κ3) is 3.73. The van der Waals surface area contributed by atoms with Crippen molar-refractivity contribution in [2.75, 3.05) is 26.2 Å². The summed E-state index contributed by atoms with van der Waals surface area (Å²) in [7, 11) is -0.443. The highest BCUT2D eigenvalue weighted by atomic mass is 16.7. The van der Waals surface area contributed by atoms with Crippen molar-refractivity contribution in [2.24, 2.45) is 16.1 Å². The summed E-state index contributed by atoms with van der Waals surface area (Å²) in [6.45, 7) is 16.8. The van der Waals surface area contributed by atoms with Crippen molar-refractivity contribution >= 4 is 13.3 Å². The smallest absolute Gasteiger partial charge is 0.405 e. The molecule has 2 saturated heterocycles. The molecule has 0 atom stereocenters. The van der Waals surface area contributed by atoms with Crippen LogP contribution in [0.4, 0.5) is 0 Å². The Labute approximate surface area is 135 Å². The molecule has 0 radical (unpaired) electrons. The summed E-state index contributed by atoms with van der Waals surface area (Å²) in [5, 5.41) is 0. The molecule has 0 spiro atoms. The third-order valence-electron chi connectivity index (χ3n) is 4.81. The Morgan fingerprint density at radius 3 is 2.14 bits per heavy atom. The van der Waals surface area contributed by atoms with E-state index >= 15 is 0 Å². The van der Waals surface area contributed by atoms with Gasteiger partial charge in [0.15, 0.2) is 0 Å². The monoisotopic (exact) mass is 307 g/mol. The Balaban J connectivity index is 1.82. The Bertz CT molecular complexity index is 448. The predicted molar refractivity (Wildman–Crippen MR) is 91.9 cm³/mol. The SMILES string of the molecule is CC1(C)CN(CCN=CC(=CN)B2OC(C)(C)C(C)(C)O2)C1. The van der Waals surface area contributed by atoms with E-state index in [9.17, 15) is 0 Å². The van der Waals surface area contributed by atoms with E-state index in [4.69, 9.17) is 15.0 Å². The molecule has 0 aromatic heterocycles. The van der Waals surface area contributed by atoms with Gasteiger partial charge in [-0.2, -0.15) is 0 Å². The summed E-state index contributed by atoms with van der Waals surface area (Å²) in [5.41, 5.74) is 6.25. The maximum Gasteiger partial charge on any atom is 0.497 e. The highest BCUT2D eigenvalue weighted by Gasteiger charge is 2.52.